The van der Waals surface area contributed by atoms with Gasteiger partial charge in [0.25, 0.3) is 0 Å². The summed E-state index contributed by atoms with van der Waals surface area (Å²) in [5, 5.41) is 5.92. The second-order valence-electron chi connectivity index (χ2n) is 9.67. The molecule has 0 aliphatic rings. The van der Waals surface area contributed by atoms with Gasteiger partial charge in [-0.2, -0.15) is 4.98 Å². The molecule has 0 bridgehead atoms. The Morgan fingerprint density at radius 3 is 2.51 bits per heavy atom. The van der Waals surface area contributed by atoms with E-state index in [1.165, 1.54) is 12.3 Å². The minimum absolute atomic E-state index is 0.0216. The van der Waals surface area contributed by atoms with Crippen LogP contribution >= 0.6 is 0 Å². The number of anilines is 5. The van der Waals surface area contributed by atoms with Gasteiger partial charge in [0.15, 0.2) is 9.84 Å². The molecule has 2 aromatic heterocycles. The zero-order valence-electron chi connectivity index (χ0n) is 22.7. The van der Waals surface area contributed by atoms with E-state index in [9.17, 15) is 17.6 Å². The molecule has 0 aliphatic heterocycles. The quantitative estimate of drug-likeness (QED) is 0.259. The first-order valence-corrected chi connectivity index (χ1v) is 14.7. The first kappa shape index (κ1) is 27.7. The lowest BCUT2D eigenvalue weighted by Crippen LogP contribution is -2.17. The standard InChI is InChI=1S/C29H28FN7O3S/c1-36(26-14-15-31-28(34-26)32-21-10-8-19(9-11-21)18-41(3,39)40)22-12-13-25-24(17-22)33-29(37(25)2)35-27(38)16-20-6-4-5-7-23(20)30/h4-15,17H,16,18H2,1-3H3,(H,31,32,34)(H,33,35,38). The van der Waals surface area contributed by atoms with Gasteiger partial charge in [0.2, 0.25) is 17.8 Å². The van der Waals surface area contributed by atoms with Crippen LogP contribution in [0.2, 0.25) is 0 Å². The van der Waals surface area contributed by atoms with Gasteiger partial charge in [0.1, 0.15) is 11.6 Å². The van der Waals surface area contributed by atoms with E-state index in [1.54, 1.807) is 66.3 Å². The molecular formula is C29H28FN7O3S. The van der Waals surface area contributed by atoms with Crippen LogP contribution in [0.4, 0.5) is 33.5 Å². The molecule has 210 valence electrons. The molecule has 0 aliphatic carbocycles. The molecule has 0 radical (unpaired) electrons. The van der Waals surface area contributed by atoms with Crippen LogP contribution in [0.25, 0.3) is 11.0 Å². The van der Waals surface area contributed by atoms with E-state index in [2.05, 4.69) is 25.6 Å². The van der Waals surface area contributed by atoms with Gasteiger partial charge in [-0.15, -0.1) is 0 Å². The fourth-order valence-corrected chi connectivity index (χ4v) is 5.13. The Balaban J connectivity index is 1.30. The summed E-state index contributed by atoms with van der Waals surface area (Å²) >= 11 is 0. The summed E-state index contributed by atoms with van der Waals surface area (Å²) in [7, 11) is 0.556. The molecule has 0 atom stereocenters. The molecule has 1 amide bonds. The Kier molecular flexibility index (Phi) is 7.66. The zero-order chi connectivity index (χ0) is 29.1. The van der Waals surface area contributed by atoms with Gasteiger partial charge in [-0.1, -0.05) is 30.3 Å². The molecule has 3 aromatic carbocycles. The van der Waals surface area contributed by atoms with Crippen LogP contribution in [0.15, 0.2) is 79.0 Å². The van der Waals surface area contributed by atoms with E-state index in [4.69, 9.17) is 0 Å². The highest BCUT2D eigenvalue weighted by molar-refractivity contribution is 7.89. The number of hydrogen-bond acceptors (Lipinski definition) is 8. The average Bonchev–Trinajstić information content (AvgIpc) is 3.24. The summed E-state index contributed by atoms with van der Waals surface area (Å²) in [5.41, 5.74) is 4.03. The van der Waals surface area contributed by atoms with Crippen LogP contribution in [0.5, 0.6) is 0 Å². The second-order valence-corrected chi connectivity index (χ2v) is 11.8. The van der Waals surface area contributed by atoms with Crippen LogP contribution in [-0.2, 0) is 33.9 Å². The van der Waals surface area contributed by atoms with Gasteiger partial charge in [-0.25, -0.2) is 22.8 Å². The SMILES string of the molecule is CN(c1ccc2c(c1)nc(NC(=O)Cc1ccccc1F)n2C)c1ccnc(Nc2ccc(CS(C)(=O)=O)cc2)n1. The summed E-state index contributed by atoms with van der Waals surface area (Å²) < 4.78 is 38.8. The molecule has 0 unspecified atom stereocenters. The first-order chi connectivity index (χ1) is 19.6. The lowest BCUT2D eigenvalue weighted by Gasteiger charge is -2.19. The number of aromatic nitrogens is 4. The molecule has 2 N–H and O–H groups in total. The predicted octanol–water partition coefficient (Wildman–Crippen LogP) is 4.74. The maximum absolute atomic E-state index is 14.0. The summed E-state index contributed by atoms with van der Waals surface area (Å²) in [4.78, 5) is 27.9. The van der Waals surface area contributed by atoms with Crippen molar-refractivity contribution in [3.05, 3.63) is 95.9 Å². The monoisotopic (exact) mass is 573 g/mol. The van der Waals surface area contributed by atoms with Crippen molar-refractivity contribution >= 4 is 55.9 Å². The van der Waals surface area contributed by atoms with E-state index in [0.717, 1.165) is 16.9 Å². The van der Waals surface area contributed by atoms with E-state index in [0.29, 0.717) is 34.4 Å². The summed E-state index contributed by atoms with van der Waals surface area (Å²) in [6, 6.07) is 20.7. The van der Waals surface area contributed by atoms with Crippen LogP contribution in [-0.4, -0.2) is 47.1 Å². The van der Waals surface area contributed by atoms with E-state index in [1.807, 2.05) is 30.1 Å². The van der Waals surface area contributed by atoms with Crippen LogP contribution in [0, 0.1) is 5.82 Å². The highest BCUT2D eigenvalue weighted by atomic mass is 32.2. The minimum Gasteiger partial charge on any atom is -0.329 e. The number of hydrogen-bond donors (Lipinski definition) is 2. The largest absolute Gasteiger partial charge is 0.329 e. The third kappa shape index (κ3) is 6.67. The van der Waals surface area contributed by atoms with Gasteiger partial charge in [-0.3, -0.25) is 10.1 Å². The Labute approximate surface area is 236 Å². The fraction of sp³-hybridized carbons (Fsp3) is 0.172. The number of carbonyl (C=O) groups excluding carboxylic acids is 1. The van der Waals surface area contributed by atoms with Crippen molar-refractivity contribution in [2.75, 3.05) is 28.8 Å². The fourth-order valence-electron chi connectivity index (χ4n) is 4.34. The van der Waals surface area contributed by atoms with Gasteiger partial charge >= 0.3 is 0 Å². The number of fused-ring (bicyclic) bond motifs is 1. The van der Waals surface area contributed by atoms with Crippen molar-refractivity contribution in [3.63, 3.8) is 0 Å². The average molecular weight is 574 g/mol. The normalized spacial score (nSPS) is 11.4. The predicted molar refractivity (Wildman–Crippen MR) is 158 cm³/mol. The first-order valence-electron chi connectivity index (χ1n) is 12.7. The molecule has 2 heterocycles. The number of carbonyl (C=O) groups is 1. The number of benzene rings is 3. The number of rotatable bonds is 9. The maximum Gasteiger partial charge on any atom is 0.231 e. The minimum atomic E-state index is -3.11. The highest BCUT2D eigenvalue weighted by Gasteiger charge is 2.15. The lowest BCUT2D eigenvalue weighted by atomic mass is 10.1. The van der Waals surface area contributed by atoms with Gasteiger partial charge in [0, 0.05) is 37.9 Å². The number of aryl methyl sites for hydroxylation is 1. The van der Waals surface area contributed by atoms with Gasteiger partial charge in [-0.05, 0) is 53.6 Å². The Bertz CT molecular complexity index is 1840. The van der Waals surface area contributed by atoms with E-state index < -0.39 is 15.7 Å². The number of halogens is 1. The topological polar surface area (TPSA) is 122 Å². The molecule has 41 heavy (non-hydrogen) atoms. The molecule has 0 spiro atoms. The number of nitrogens with zero attached hydrogens (tertiary/aromatic N) is 5. The highest BCUT2D eigenvalue weighted by Crippen LogP contribution is 2.28. The van der Waals surface area contributed by atoms with E-state index in [-0.39, 0.29) is 18.1 Å². The van der Waals surface area contributed by atoms with Crippen molar-refractivity contribution in [2.45, 2.75) is 12.2 Å². The van der Waals surface area contributed by atoms with Gasteiger partial charge < -0.3 is 14.8 Å². The summed E-state index contributed by atoms with van der Waals surface area (Å²) in [6.07, 6.45) is 2.74. The number of nitrogens with one attached hydrogen (secondary N) is 2. The molecule has 5 rings (SSSR count). The molecule has 10 nitrogen and oxygen atoms in total. The van der Waals surface area contributed by atoms with Crippen molar-refractivity contribution in [2.24, 2.45) is 7.05 Å². The number of imidazole rings is 1. The Morgan fingerprint density at radius 2 is 1.78 bits per heavy atom. The Morgan fingerprint density at radius 1 is 1.02 bits per heavy atom. The molecule has 5 aromatic rings. The van der Waals surface area contributed by atoms with Crippen LogP contribution in [0.1, 0.15) is 11.1 Å². The molecule has 0 fully saturated rings. The van der Waals surface area contributed by atoms with Crippen molar-refractivity contribution in [3.8, 4) is 0 Å². The maximum atomic E-state index is 14.0. The number of amides is 1. The third-order valence-electron chi connectivity index (χ3n) is 6.44. The molecular weight excluding hydrogens is 545 g/mol. The summed E-state index contributed by atoms with van der Waals surface area (Å²) in [6.45, 7) is 0. The molecule has 12 heteroatoms. The smallest absolute Gasteiger partial charge is 0.231 e. The van der Waals surface area contributed by atoms with E-state index >= 15 is 0 Å². The van der Waals surface area contributed by atoms with Gasteiger partial charge in [0.05, 0.1) is 23.2 Å². The van der Waals surface area contributed by atoms with Crippen LogP contribution in [0.3, 0.4) is 0 Å². The zero-order valence-corrected chi connectivity index (χ0v) is 23.5. The summed E-state index contributed by atoms with van der Waals surface area (Å²) in [5.74, 6) is 0.556. The number of sulfone groups is 1. The van der Waals surface area contributed by atoms with Crippen LogP contribution < -0.4 is 15.5 Å². The lowest BCUT2D eigenvalue weighted by molar-refractivity contribution is -0.115. The van der Waals surface area contributed by atoms with Crippen molar-refractivity contribution in [1.82, 2.24) is 19.5 Å². The third-order valence-corrected chi connectivity index (χ3v) is 7.29. The second kappa shape index (κ2) is 11.3. The van der Waals surface area contributed by atoms with Crippen molar-refractivity contribution < 1.29 is 17.6 Å². The molecule has 0 saturated carbocycles. The van der Waals surface area contributed by atoms with Crippen molar-refractivity contribution in [1.29, 1.82) is 0 Å². The Hall–Kier alpha value is -4.84. The molecule has 0 saturated heterocycles.